The van der Waals surface area contributed by atoms with Gasteiger partial charge in [0.05, 0.1) is 5.75 Å². The highest BCUT2D eigenvalue weighted by Crippen LogP contribution is 2.20. The molecule has 2 N–H and O–H groups in total. The number of thioether (sulfide) groups is 1. The Morgan fingerprint density at radius 1 is 1.26 bits per heavy atom. The largest absolute Gasteiger partial charge is 0.338 e. The molecule has 0 aliphatic carbocycles. The second-order valence-electron chi connectivity index (χ2n) is 3.90. The summed E-state index contributed by atoms with van der Waals surface area (Å²) in [6.07, 6.45) is 1.92. The predicted molar refractivity (Wildman–Crippen MR) is 81.3 cm³/mol. The molecule has 0 saturated heterocycles. The number of carbonyl (C=O) groups is 2. The van der Waals surface area contributed by atoms with Crippen LogP contribution in [0.3, 0.4) is 0 Å². The highest BCUT2D eigenvalue weighted by atomic mass is 79.9. The van der Waals surface area contributed by atoms with Crippen molar-refractivity contribution in [2.75, 3.05) is 12.3 Å². The zero-order chi connectivity index (χ0) is 14.1. The lowest BCUT2D eigenvalue weighted by Gasteiger charge is -2.06. The van der Waals surface area contributed by atoms with Gasteiger partial charge in [-0.05, 0) is 30.7 Å². The Balaban J connectivity index is 2.24. The van der Waals surface area contributed by atoms with Crippen molar-refractivity contribution in [3.05, 3.63) is 28.7 Å². The summed E-state index contributed by atoms with van der Waals surface area (Å²) >= 11 is 4.74. The van der Waals surface area contributed by atoms with Crippen LogP contribution < -0.4 is 10.6 Å². The molecule has 6 heteroatoms. The first-order valence-corrected chi connectivity index (χ1v) is 7.85. The van der Waals surface area contributed by atoms with Gasteiger partial charge < -0.3 is 5.32 Å². The van der Waals surface area contributed by atoms with Gasteiger partial charge >= 0.3 is 6.03 Å². The fourth-order valence-corrected chi connectivity index (χ4v) is 2.23. The molecule has 1 aromatic carbocycles. The molecule has 19 heavy (non-hydrogen) atoms. The highest BCUT2D eigenvalue weighted by molar-refractivity contribution is 9.10. The van der Waals surface area contributed by atoms with E-state index < -0.39 is 6.03 Å². The molecule has 0 fully saturated rings. The Kier molecular flexibility index (Phi) is 7.59. The first-order valence-electron chi connectivity index (χ1n) is 6.08. The van der Waals surface area contributed by atoms with Gasteiger partial charge in [-0.15, -0.1) is 11.8 Å². The number of unbranched alkanes of at least 4 members (excludes halogenated alkanes) is 1. The van der Waals surface area contributed by atoms with E-state index in [4.69, 9.17) is 0 Å². The first-order chi connectivity index (χ1) is 9.11. The van der Waals surface area contributed by atoms with Gasteiger partial charge in [-0.2, -0.15) is 0 Å². The van der Waals surface area contributed by atoms with Gasteiger partial charge in [-0.1, -0.05) is 29.3 Å². The smallest absolute Gasteiger partial charge is 0.321 e. The first kappa shape index (κ1) is 16.0. The number of benzene rings is 1. The second-order valence-corrected chi connectivity index (χ2v) is 5.86. The average molecular weight is 345 g/mol. The number of amides is 3. The van der Waals surface area contributed by atoms with Gasteiger partial charge in [-0.25, -0.2) is 4.79 Å². The molecular formula is C13H17BrN2O2S. The van der Waals surface area contributed by atoms with E-state index in [2.05, 4.69) is 26.6 Å². The Hall–Kier alpha value is -1.01. The van der Waals surface area contributed by atoms with Crippen LogP contribution in [0.1, 0.15) is 19.8 Å². The normalized spacial score (nSPS) is 10.0. The third-order valence-electron chi connectivity index (χ3n) is 2.25. The molecule has 0 unspecified atom stereocenters. The van der Waals surface area contributed by atoms with E-state index in [9.17, 15) is 9.59 Å². The quantitative estimate of drug-likeness (QED) is 0.615. The second kappa shape index (κ2) is 8.98. The third kappa shape index (κ3) is 7.22. The van der Waals surface area contributed by atoms with Crippen molar-refractivity contribution in [1.82, 2.24) is 10.6 Å². The molecule has 0 bridgehead atoms. The summed E-state index contributed by atoms with van der Waals surface area (Å²) in [6.45, 7) is 2.63. The number of nitrogens with one attached hydrogen (secondary N) is 2. The number of rotatable bonds is 6. The van der Waals surface area contributed by atoms with Crippen molar-refractivity contribution >= 4 is 39.6 Å². The van der Waals surface area contributed by atoms with E-state index in [0.717, 1.165) is 22.2 Å². The van der Waals surface area contributed by atoms with Crippen LogP contribution >= 0.6 is 27.7 Å². The Morgan fingerprint density at radius 2 is 1.95 bits per heavy atom. The summed E-state index contributed by atoms with van der Waals surface area (Å²) in [5.74, 6) is -0.0649. The molecule has 104 valence electrons. The molecule has 0 aromatic heterocycles. The lowest BCUT2D eigenvalue weighted by Crippen LogP contribution is -2.40. The van der Waals surface area contributed by atoms with Crippen LogP contribution in [0, 0.1) is 0 Å². The fourth-order valence-electron chi connectivity index (χ4n) is 1.27. The van der Waals surface area contributed by atoms with Crippen LogP contribution in [0.5, 0.6) is 0 Å². The van der Waals surface area contributed by atoms with Crippen LogP contribution in [0.4, 0.5) is 4.79 Å². The van der Waals surface area contributed by atoms with Gasteiger partial charge in [0.1, 0.15) is 0 Å². The number of hydrogen-bond donors (Lipinski definition) is 2. The standard InChI is InChI=1S/C13H17BrN2O2S/c1-2-3-8-15-13(18)16-12(17)9-19-11-6-4-10(14)5-7-11/h4-7H,2-3,8-9H2,1H3,(H2,15,16,17,18). The van der Waals surface area contributed by atoms with Gasteiger partial charge in [0.25, 0.3) is 0 Å². The van der Waals surface area contributed by atoms with Crippen LogP contribution in [0.2, 0.25) is 0 Å². The van der Waals surface area contributed by atoms with Gasteiger partial charge in [-0.3, -0.25) is 10.1 Å². The maximum Gasteiger partial charge on any atom is 0.321 e. The molecule has 0 radical (unpaired) electrons. The number of halogens is 1. The minimum atomic E-state index is -0.421. The molecule has 0 saturated carbocycles. The lowest BCUT2D eigenvalue weighted by molar-refractivity contribution is -0.117. The SMILES string of the molecule is CCCCNC(=O)NC(=O)CSc1ccc(Br)cc1. The van der Waals surface area contributed by atoms with Crippen molar-refractivity contribution in [3.63, 3.8) is 0 Å². The maximum atomic E-state index is 11.5. The van der Waals surface area contributed by atoms with E-state index in [1.165, 1.54) is 11.8 Å². The Morgan fingerprint density at radius 3 is 2.58 bits per heavy atom. The van der Waals surface area contributed by atoms with Crippen LogP contribution in [0.25, 0.3) is 0 Å². The monoisotopic (exact) mass is 344 g/mol. The van der Waals surface area contributed by atoms with Crippen LogP contribution in [0.15, 0.2) is 33.6 Å². The molecular weight excluding hydrogens is 328 g/mol. The molecule has 3 amide bonds. The minimum Gasteiger partial charge on any atom is -0.338 e. The van der Waals surface area contributed by atoms with Gasteiger partial charge in [0.15, 0.2) is 0 Å². The lowest BCUT2D eigenvalue weighted by atomic mass is 10.3. The van der Waals surface area contributed by atoms with Crippen molar-refractivity contribution in [2.45, 2.75) is 24.7 Å². The zero-order valence-corrected chi connectivity index (χ0v) is 13.1. The Bertz CT molecular complexity index is 423. The van der Waals surface area contributed by atoms with E-state index in [1.54, 1.807) is 0 Å². The summed E-state index contributed by atoms with van der Waals surface area (Å²) in [6, 6.07) is 7.25. The molecule has 1 rings (SSSR count). The topological polar surface area (TPSA) is 58.2 Å². The van der Waals surface area contributed by atoms with Crippen molar-refractivity contribution in [2.24, 2.45) is 0 Å². The van der Waals surface area contributed by atoms with Crippen molar-refractivity contribution < 1.29 is 9.59 Å². The summed E-state index contributed by atoms with van der Waals surface area (Å²) in [5, 5.41) is 4.94. The van der Waals surface area contributed by atoms with E-state index in [1.807, 2.05) is 31.2 Å². The van der Waals surface area contributed by atoms with E-state index >= 15 is 0 Å². The van der Waals surface area contributed by atoms with Gasteiger partial charge in [0.2, 0.25) is 5.91 Å². The summed E-state index contributed by atoms with van der Waals surface area (Å²) in [5.41, 5.74) is 0. The molecule has 1 aromatic rings. The third-order valence-corrected chi connectivity index (χ3v) is 3.79. The maximum absolute atomic E-state index is 11.5. The fraction of sp³-hybridized carbons (Fsp3) is 0.385. The van der Waals surface area contributed by atoms with E-state index in [0.29, 0.717) is 6.54 Å². The molecule has 4 nitrogen and oxygen atoms in total. The van der Waals surface area contributed by atoms with E-state index in [-0.39, 0.29) is 11.7 Å². The summed E-state index contributed by atoms with van der Waals surface area (Å²) in [7, 11) is 0. The molecule has 0 heterocycles. The predicted octanol–water partition coefficient (Wildman–Crippen LogP) is 3.17. The average Bonchev–Trinajstić information content (AvgIpc) is 2.38. The number of imide groups is 1. The van der Waals surface area contributed by atoms with Crippen LogP contribution in [-0.4, -0.2) is 24.2 Å². The molecule has 0 aliphatic heterocycles. The zero-order valence-electron chi connectivity index (χ0n) is 10.7. The number of urea groups is 1. The minimum absolute atomic E-state index is 0.225. The number of carbonyl (C=O) groups excluding carboxylic acids is 2. The highest BCUT2D eigenvalue weighted by Gasteiger charge is 2.07. The molecule has 0 atom stereocenters. The van der Waals surface area contributed by atoms with Gasteiger partial charge in [0, 0.05) is 15.9 Å². The number of hydrogen-bond acceptors (Lipinski definition) is 3. The molecule has 0 aliphatic rings. The summed E-state index contributed by atoms with van der Waals surface area (Å²) < 4.78 is 0.997. The Labute approximate surface area is 125 Å². The molecule has 0 spiro atoms. The van der Waals surface area contributed by atoms with Crippen molar-refractivity contribution in [1.29, 1.82) is 0 Å². The van der Waals surface area contributed by atoms with Crippen molar-refractivity contribution in [3.8, 4) is 0 Å². The summed E-state index contributed by atoms with van der Waals surface area (Å²) in [4.78, 5) is 23.8. The van der Waals surface area contributed by atoms with Crippen LogP contribution in [-0.2, 0) is 4.79 Å².